The first kappa shape index (κ1) is 19.2. The third kappa shape index (κ3) is 4.22. The van der Waals surface area contributed by atoms with Gasteiger partial charge in [-0.25, -0.2) is 4.98 Å². The van der Waals surface area contributed by atoms with Crippen LogP contribution in [0.2, 0.25) is 0 Å². The molecule has 3 rings (SSSR count). The molecule has 0 aliphatic rings. The molecule has 0 unspecified atom stereocenters. The minimum absolute atomic E-state index is 0.0747. The van der Waals surface area contributed by atoms with Crippen molar-refractivity contribution < 1.29 is 4.79 Å². The number of rotatable bonds is 6. The van der Waals surface area contributed by atoms with Crippen LogP contribution in [0.1, 0.15) is 26.3 Å². The van der Waals surface area contributed by atoms with Crippen molar-refractivity contribution in [2.75, 3.05) is 5.75 Å². The summed E-state index contributed by atoms with van der Waals surface area (Å²) in [6.07, 6.45) is 0.799. The highest BCUT2D eigenvalue weighted by Gasteiger charge is 2.16. The van der Waals surface area contributed by atoms with Crippen LogP contribution in [-0.2, 0) is 11.2 Å². The zero-order valence-corrected chi connectivity index (χ0v) is 16.5. The van der Waals surface area contributed by atoms with E-state index in [1.165, 1.54) is 11.8 Å². The Labute approximate surface area is 162 Å². The number of amides is 1. The summed E-state index contributed by atoms with van der Waals surface area (Å²) in [5.74, 6) is 0.129. The smallest absolute Gasteiger partial charge is 0.266 e. The van der Waals surface area contributed by atoms with E-state index >= 15 is 0 Å². The summed E-state index contributed by atoms with van der Waals surface area (Å²) in [6, 6.07) is 15.2. The quantitative estimate of drug-likeness (QED) is 0.524. The maximum Gasteiger partial charge on any atom is 0.266 e. The van der Waals surface area contributed by atoms with Gasteiger partial charge in [0.2, 0.25) is 5.91 Å². The van der Waals surface area contributed by atoms with Crippen LogP contribution in [0.5, 0.6) is 0 Å². The van der Waals surface area contributed by atoms with Gasteiger partial charge in [0.05, 0.1) is 22.3 Å². The lowest BCUT2D eigenvalue weighted by Gasteiger charge is -2.16. The van der Waals surface area contributed by atoms with Gasteiger partial charge in [-0.1, -0.05) is 49.0 Å². The molecule has 2 aromatic carbocycles. The Kier molecular flexibility index (Phi) is 5.96. The van der Waals surface area contributed by atoms with Crippen LogP contribution in [-0.4, -0.2) is 27.3 Å². The minimum Gasteiger partial charge on any atom is -0.353 e. The summed E-state index contributed by atoms with van der Waals surface area (Å²) in [5, 5.41) is 3.97. The van der Waals surface area contributed by atoms with E-state index in [2.05, 4.69) is 17.2 Å². The largest absolute Gasteiger partial charge is 0.353 e. The molecule has 0 spiro atoms. The van der Waals surface area contributed by atoms with Gasteiger partial charge >= 0.3 is 0 Å². The van der Waals surface area contributed by atoms with Crippen molar-refractivity contribution in [1.29, 1.82) is 0 Å². The van der Waals surface area contributed by atoms with Gasteiger partial charge in [0.25, 0.3) is 5.56 Å². The van der Waals surface area contributed by atoms with Crippen molar-refractivity contribution in [2.24, 2.45) is 0 Å². The van der Waals surface area contributed by atoms with E-state index in [4.69, 9.17) is 0 Å². The molecular weight excluding hydrogens is 358 g/mol. The molecule has 6 heteroatoms. The summed E-state index contributed by atoms with van der Waals surface area (Å²) in [7, 11) is 0. The zero-order valence-electron chi connectivity index (χ0n) is 15.7. The molecule has 0 aliphatic carbocycles. The Hall–Kier alpha value is -2.60. The number of benzene rings is 2. The second-order valence-electron chi connectivity index (χ2n) is 6.55. The molecule has 140 valence electrons. The van der Waals surface area contributed by atoms with Crippen molar-refractivity contribution in [3.8, 4) is 5.69 Å². The normalized spacial score (nSPS) is 11.1. The van der Waals surface area contributed by atoms with Crippen molar-refractivity contribution in [2.45, 2.75) is 38.4 Å². The maximum absolute atomic E-state index is 13.2. The second-order valence-corrected chi connectivity index (χ2v) is 7.49. The first-order valence-electron chi connectivity index (χ1n) is 9.03. The maximum atomic E-state index is 13.2. The molecule has 0 bridgehead atoms. The molecule has 1 amide bonds. The van der Waals surface area contributed by atoms with Crippen LogP contribution < -0.4 is 10.9 Å². The molecule has 1 aromatic heterocycles. The summed E-state index contributed by atoms with van der Waals surface area (Å²) in [4.78, 5) is 30.0. The number of nitrogens with one attached hydrogen (secondary N) is 1. The summed E-state index contributed by atoms with van der Waals surface area (Å²) in [5.41, 5.74) is 2.40. The number of hydrogen-bond donors (Lipinski definition) is 1. The van der Waals surface area contributed by atoms with Gasteiger partial charge < -0.3 is 5.32 Å². The molecule has 0 radical (unpaired) electrons. The van der Waals surface area contributed by atoms with E-state index in [1.54, 1.807) is 10.6 Å². The number of carbonyl (C=O) groups excluding carboxylic acids is 1. The highest BCUT2D eigenvalue weighted by Crippen LogP contribution is 2.23. The molecule has 5 nitrogen and oxygen atoms in total. The van der Waals surface area contributed by atoms with E-state index in [9.17, 15) is 9.59 Å². The van der Waals surface area contributed by atoms with Gasteiger partial charge in [0.15, 0.2) is 5.16 Å². The molecule has 1 N–H and O–H groups in total. The van der Waals surface area contributed by atoms with Gasteiger partial charge in [0, 0.05) is 6.04 Å². The van der Waals surface area contributed by atoms with Gasteiger partial charge in [-0.3, -0.25) is 14.2 Å². The fraction of sp³-hybridized carbons (Fsp3) is 0.286. The summed E-state index contributed by atoms with van der Waals surface area (Å²) < 4.78 is 1.63. The minimum atomic E-state index is -0.117. The fourth-order valence-corrected chi connectivity index (χ4v) is 3.76. The molecule has 3 aromatic rings. The van der Waals surface area contributed by atoms with E-state index in [0.29, 0.717) is 16.1 Å². The van der Waals surface area contributed by atoms with Crippen molar-refractivity contribution >= 4 is 28.6 Å². The lowest BCUT2D eigenvalue weighted by Crippen LogP contribution is -2.32. The van der Waals surface area contributed by atoms with Crippen LogP contribution >= 0.6 is 11.8 Å². The average Bonchev–Trinajstić information content (AvgIpc) is 2.66. The highest BCUT2D eigenvalue weighted by molar-refractivity contribution is 7.99. The van der Waals surface area contributed by atoms with Crippen LogP contribution in [0, 0.1) is 0 Å². The van der Waals surface area contributed by atoms with Crippen LogP contribution in [0.15, 0.2) is 58.5 Å². The third-order valence-corrected chi connectivity index (χ3v) is 5.08. The lowest BCUT2D eigenvalue weighted by molar-refractivity contribution is -0.119. The Morgan fingerprint density at radius 3 is 2.59 bits per heavy atom. The van der Waals surface area contributed by atoms with Crippen molar-refractivity contribution in [1.82, 2.24) is 14.9 Å². The average molecular weight is 382 g/mol. The number of aryl methyl sites for hydroxylation is 1. The number of thioether (sulfide) groups is 1. The zero-order chi connectivity index (χ0) is 19.4. The SMILES string of the molecule is CCc1ccccc1-n1c(SCC(=O)NC(C)C)nc2ccccc2c1=O. The number of para-hydroxylation sites is 2. The Bertz CT molecular complexity index is 1030. The van der Waals surface area contributed by atoms with Gasteiger partial charge in [-0.2, -0.15) is 0 Å². The number of fused-ring (bicyclic) bond motifs is 1. The number of aromatic nitrogens is 2. The van der Waals surface area contributed by atoms with E-state index in [-0.39, 0.29) is 23.3 Å². The second kappa shape index (κ2) is 8.39. The first-order chi connectivity index (χ1) is 13.0. The topological polar surface area (TPSA) is 64.0 Å². The molecule has 0 aliphatic heterocycles. The van der Waals surface area contributed by atoms with Crippen LogP contribution in [0.4, 0.5) is 0 Å². The standard InChI is InChI=1S/C21H23N3O2S/c1-4-15-9-5-8-12-18(15)24-20(26)16-10-6-7-11-17(16)23-21(24)27-13-19(25)22-14(2)3/h5-12,14H,4,13H2,1-3H3,(H,22,25). The molecule has 0 saturated heterocycles. The first-order valence-corrected chi connectivity index (χ1v) is 10.0. The van der Waals surface area contributed by atoms with E-state index in [0.717, 1.165) is 17.7 Å². The van der Waals surface area contributed by atoms with Gasteiger partial charge in [-0.15, -0.1) is 0 Å². The van der Waals surface area contributed by atoms with Gasteiger partial charge in [-0.05, 0) is 44.0 Å². The van der Waals surface area contributed by atoms with Crippen molar-refractivity contribution in [3.05, 3.63) is 64.4 Å². The Morgan fingerprint density at radius 2 is 1.85 bits per heavy atom. The van der Waals surface area contributed by atoms with E-state index in [1.807, 2.05) is 56.3 Å². The summed E-state index contributed by atoms with van der Waals surface area (Å²) >= 11 is 1.28. The third-order valence-electron chi connectivity index (χ3n) is 4.14. The Morgan fingerprint density at radius 1 is 1.15 bits per heavy atom. The lowest BCUT2D eigenvalue weighted by atomic mass is 10.1. The highest BCUT2D eigenvalue weighted by atomic mass is 32.2. The predicted octanol–water partition coefficient (Wildman–Crippen LogP) is 3.56. The molecular formula is C21H23N3O2S. The molecule has 27 heavy (non-hydrogen) atoms. The fourth-order valence-electron chi connectivity index (χ4n) is 2.94. The molecule has 0 atom stereocenters. The Balaban J connectivity index is 2.13. The number of hydrogen-bond acceptors (Lipinski definition) is 4. The van der Waals surface area contributed by atoms with Crippen LogP contribution in [0.3, 0.4) is 0 Å². The van der Waals surface area contributed by atoms with Crippen molar-refractivity contribution in [3.63, 3.8) is 0 Å². The predicted molar refractivity (Wildman–Crippen MR) is 111 cm³/mol. The monoisotopic (exact) mass is 381 g/mol. The number of carbonyl (C=O) groups is 1. The molecule has 1 heterocycles. The molecule has 0 saturated carbocycles. The molecule has 0 fully saturated rings. The van der Waals surface area contributed by atoms with Crippen LogP contribution in [0.25, 0.3) is 16.6 Å². The van der Waals surface area contributed by atoms with Gasteiger partial charge in [0.1, 0.15) is 0 Å². The number of nitrogens with zero attached hydrogens (tertiary/aromatic N) is 2. The van der Waals surface area contributed by atoms with E-state index < -0.39 is 0 Å². The summed E-state index contributed by atoms with van der Waals surface area (Å²) in [6.45, 7) is 5.90.